The first-order valence-electron chi connectivity index (χ1n) is 4.57. The second kappa shape index (κ2) is 5.30. The fourth-order valence-electron chi connectivity index (χ4n) is 1.58. The highest BCUT2D eigenvalue weighted by Crippen LogP contribution is 2.10. The smallest absolute Gasteiger partial charge is 0.0273 e. The lowest BCUT2D eigenvalue weighted by Crippen LogP contribution is -2.33. The molecule has 0 saturated carbocycles. The summed E-state index contributed by atoms with van der Waals surface area (Å²) in [5.41, 5.74) is 0. The topological polar surface area (TPSA) is 24.4 Å². The van der Waals surface area contributed by atoms with E-state index < -0.39 is 0 Å². The summed E-state index contributed by atoms with van der Waals surface area (Å²) < 4.78 is 0. The van der Waals surface area contributed by atoms with Crippen molar-refractivity contribution >= 4 is 6.21 Å². The first kappa shape index (κ1) is 8.72. The van der Waals surface area contributed by atoms with E-state index in [0.29, 0.717) is 0 Å². The van der Waals surface area contributed by atoms with E-state index >= 15 is 0 Å². The van der Waals surface area contributed by atoms with E-state index in [1.54, 1.807) is 0 Å². The van der Waals surface area contributed by atoms with Gasteiger partial charge in [-0.3, -0.25) is 0 Å². The first-order chi connectivity index (χ1) is 5.43. The fraction of sp³-hybridized carbons (Fsp3) is 0.889. The first-order valence-corrected chi connectivity index (χ1v) is 4.57. The molecule has 1 saturated heterocycles. The van der Waals surface area contributed by atoms with Gasteiger partial charge in [-0.25, -0.2) is 0 Å². The zero-order chi connectivity index (χ0) is 7.94. The molecule has 64 valence electrons. The lowest BCUT2D eigenvalue weighted by molar-refractivity contribution is 0.387. The summed E-state index contributed by atoms with van der Waals surface area (Å²) >= 11 is 0. The van der Waals surface area contributed by atoms with Crippen LogP contribution in [0.4, 0.5) is 0 Å². The van der Waals surface area contributed by atoms with Gasteiger partial charge in [0.2, 0.25) is 0 Å². The monoisotopic (exact) mass is 154 g/mol. The van der Waals surface area contributed by atoms with Gasteiger partial charge in [-0.2, -0.15) is 0 Å². The van der Waals surface area contributed by atoms with Crippen LogP contribution < -0.4 is 5.32 Å². The van der Waals surface area contributed by atoms with Crippen molar-refractivity contribution in [2.45, 2.75) is 38.1 Å². The number of aliphatic imine (C=N–C) groups is 1. The van der Waals surface area contributed by atoms with Gasteiger partial charge in [0.1, 0.15) is 0 Å². The van der Waals surface area contributed by atoms with Gasteiger partial charge in [0.15, 0.2) is 0 Å². The Hall–Kier alpha value is -0.370. The SMILES string of the molecule is CN=CCCC1CCCCN1. The summed E-state index contributed by atoms with van der Waals surface area (Å²) in [6.07, 6.45) is 8.53. The minimum absolute atomic E-state index is 0.766. The minimum atomic E-state index is 0.766. The van der Waals surface area contributed by atoms with Gasteiger partial charge in [-0.15, -0.1) is 0 Å². The van der Waals surface area contributed by atoms with Crippen LogP contribution >= 0.6 is 0 Å². The Kier molecular flexibility index (Phi) is 4.21. The van der Waals surface area contributed by atoms with Crippen molar-refractivity contribution < 1.29 is 0 Å². The molecule has 1 aliphatic heterocycles. The maximum absolute atomic E-state index is 3.97. The van der Waals surface area contributed by atoms with E-state index in [-0.39, 0.29) is 0 Å². The summed E-state index contributed by atoms with van der Waals surface area (Å²) in [5.74, 6) is 0. The lowest BCUT2D eigenvalue weighted by atomic mass is 10.0. The summed E-state index contributed by atoms with van der Waals surface area (Å²) in [6.45, 7) is 1.22. The van der Waals surface area contributed by atoms with Crippen molar-refractivity contribution in [2.75, 3.05) is 13.6 Å². The number of hydrogen-bond donors (Lipinski definition) is 1. The molecule has 0 bridgehead atoms. The van der Waals surface area contributed by atoms with Gasteiger partial charge in [-0.05, 0) is 38.4 Å². The standard InChI is InChI=1S/C9H18N2/c1-10-7-4-6-9-5-2-3-8-11-9/h7,9,11H,2-6,8H2,1H3. The lowest BCUT2D eigenvalue weighted by Gasteiger charge is -2.22. The molecule has 0 radical (unpaired) electrons. The Morgan fingerprint density at radius 2 is 2.45 bits per heavy atom. The zero-order valence-corrected chi connectivity index (χ0v) is 7.34. The van der Waals surface area contributed by atoms with Crippen LogP contribution in [0.3, 0.4) is 0 Å². The van der Waals surface area contributed by atoms with Crippen molar-refractivity contribution in [3.63, 3.8) is 0 Å². The molecule has 1 fully saturated rings. The number of nitrogens with one attached hydrogen (secondary N) is 1. The summed E-state index contributed by atoms with van der Waals surface area (Å²) in [5, 5.41) is 3.52. The molecule has 1 atom stereocenters. The Morgan fingerprint density at radius 1 is 1.55 bits per heavy atom. The fourth-order valence-corrected chi connectivity index (χ4v) is 1.58. The summed E-state index contributed by atoms with van der Waals surface area (Å²) in [6, 6.07) is 0.766. The molecule has 0 aromatic heterocycles. The van der Waals surface area contributed by atoms with Gasteiger partial charge in [0.05, 0.1) is 0 Å². The quantitative estimate of drug-likeness (QED) is 0.614. The van der Waals surface area contributed by atoms with Crippen molar-refractivity contribution in [3.05, 3.63) is 0 Å². The third-order valence-corrected chi connectivity index (χ3v) is 2.24. The highest BCUT2D eigenvalue weighted by atomic mass is 14.9. The Balaban J connectivity index is 2.04. The molecular formula is C9H18N2. The van der Waals surface area contributed by atoms with E-state index in [9.17, 15) is 0 Å². The van der Waals surface area contributed by atoms with Crippen LogP contribution in [-0.4, -0.2) is 25.8 Å². The molecule has 2 nitrogen and oxygen atoms in total. The molecule has 0 aromatic carbocycles. The second-order valence-corrected chi connectivity index (χ2v) is 3.16. The maximum Gasteiger partial charge on any atom is 0.0273 e. The van der Waals surface area contributed by atoms with Crippen molar-refractivity contribution in [3.8, 4) is 0 Å². The van der Waals surface area contributed by atoms with Crippen molar-refractivity contribution in [1.29, 1.82) is 0 Å². The second-order valence-electron chi connectivity index (χ2n) is 3.16. The predicted octanol–water partition coefficient (Wildman–Crippen LogP) is 1.61. The summed E-state index contributed by atoms with van der Waals surface area (Å²) in [7, 11) is 1.84. The van der Waals surface area contributed by atoms with E-state index in [4.69, 9.17) is 0 Å². The van der Waals surface area contributed by atoms with Crippen LogP contribution in [0.1, 0.15) is 32.1 Å². The van der Waals surface area contributed by atoms with Gasteiger partial charge in [0, 0.05) is 13.1 Å². The molecule has 1 aliphatic rings. The third kappa shape index (κ3) is 3.51. The number of nitrogens with zero attached hydrogens (tertiary/aromatic N) is 1. The number of hydrogen-bond acceptors (Lipinski definition) is 2. The molecule has 1 N–H and O–H groups in total. The minimum Gasteiger partial charge on any atom is -0.314 e. The molecule has 1 heterocycles. The van der Waals surface area contributed by atoms with E-state index in [1.807, 2.05) is 13.3 Å². The predicted molar refractivity (Wildman–Crippen MR) is 49.3 cm³/mol. The molecule has 0 spiro atoms. The average Bonchev–Trinajstić information content (AvgIpc) is 2.07. The summed E-state index contributed by atoms with van der Waals surface area (Å²) in [4.78, 5) is 3.97. The molecule has 0 aromatic rings. The van der Waals surface area contributed by atoms with Gasteiger partial charge in [0.25, 0.3) is 0 Å². The zero-order valence-electron chi connectivity index (χ0n) is 7.34. The van der Waals surface area contributed by atoms with Crippen LogP contribution in [0.15, 0.2) is 4.99 Å². The Labute approximate surface area is 69.1 Å². The Morgan fingerprint density at radius 3 is 3.09 bits per heavy atom. The van der Waals surface area contributed by atoms with Gasteiger partial charge in [-0.1, -0.05) is 6.42 Å². The van der Waals surface area contributed by atoms with Crippen LogP contribution in [-0.2, 0) is 0 Å². The highest BCUT2D eigenvalue weighted by Gasteiger charge is 2.10. The van der Waals surface area contributed by atoms with Crippen LogP contribution in [0.5, 0.6) is 0 Å². The third-order valence-electron chi connectivity index (χ3n) is 2.24. The molecule has 0 aliphatic carbocycles. The number of piperidine rings is 1. The van der Waals surface area contributed by atoms with Gasteiger partial charge < -0.3 is 10.3 Å². The molecule has 11 heavy (non-hydrogen) atoms. The van der Waals surface area contributed by atoms with Crippen molar-refractivity contribution in [1.82, 2.24) is 5.32 Å². The molecule has 2 heteroatoms. The normalized spacial score (nSPS) is 26.1. The largest absolute Gasteiger partial charge is 0.314 e. The highest BCUT2D eigenvalue weighted by molar-refractivity contribution is 5.56. The number of rotatable bonds is 3. The van der Waals surface area contributed by atoms with E-state index in [1.165, 1.54) is 32.2 Å². The van der Waals surface area contributed by atoms with Crippen molar-refractivity contribution in [2.24, 2.45) is 4.99 Å². The van der Waals surface area contributed by atoms with Crippen LogP contribution in [0, 0.1) is 0 Å². The molecular weight excluding hydrogens is 136 g/mol. The van der Waals surface area contributed by atoms with E-state index in [0.717, 1.165) is 12.5 Å². The van der Waals surface area contributed by atoms with Gasteiger partial charge >= 0.3 is 0 Å². The Bertz CT molecular complexity index is 115. The molecule has 1 rings (SSSR count). The molecule has 1 unspecified atom stereocenters. The maximum atomic E-state index is 3.97. The average molecular weight is 154 g/mol. The van der Waals surface area contributed by atoms with Crippen LogP contribution in [0.25, 0.3) is 0 Å². The van der Waals surface area contributed by atoms with E-state index in [2.05, 4.69) is 10.3 Å². The molecule has 0 amide bonds. The van der Waals surface area contributed by atoms with Crippen LogP contribution in [0.2, 0.25) is 0 Å².